The maximum absolute atomic E-state index is 13.1. The molecule has 2 aromatic rings. The third-order valence-electron chi connectivity index (χ3n) is 3.25. The van der Waals surface area contributed by atoms with E-state index in [1.165, 1.54) is 17.0 Å². The molecule has 0 spiro atoms. The van der Waals surface area contributed by atoms with E-state index in [1.54, 1.807) is 11.3 Å². The van der Waals surface area contributed by atoms with E-state index in [-0.39, 0.29) is 17.3 Å². The number of rotatable bonds is 4. The summed E-state index contributed by atoms with van der Waals surface area (Å²) >= 11 is 11.1. The summed E-state index contributed by atoms with van der Waals surface area (Å²) in [6.07, 6.45) is 0. The van der Waals surface area contributed by atoms with E-state index in [1.807, 2.05) is 18.2 Å². The van der Waals surface area contributed by atoms with Crippen molar-refractivity contribution in [1.29, 1.82) is 0 Å². The predicted octanol–water partition coefficient (Wildman–Crippen LogP) is 6.18. The quantitative estimate of drug-likeness (QED) is 0.657. The fourth-order valence-electron chi connectivity index (χ4n) is 2.26. The van der Waals surface area contributed by atoms with E-state index < -0.39 is 0 Å². The van der Waals surface area contributed by atoms with Gasteiger partial charge in [0.15, 0.2) is 0 Å². The van der Waals surface area contributed by atoms with E-state index in [0.717, 1.165) is 20.9 Å². The van der Waals surface area contributed by atoms with Gasteiger partial charge in [-0.1, -0.05) is 44.5 Å². The molecule has 0 fully saturated rings. The molecule has 21 heavy (non-hydrogen) atoms. The zero-order valence-electron chi connectivity index (χ0n) is 12.2. The first kappa shape index (κ1) is 16.9. The van der Waals surface area contributed by atoms with Crippen LogP contribution >= 0.6 is 38.9 Å². The zero-order chi connectivity index (χ0) is 15.6. The highest BCUT2D eigenvalue weighted by molar-refractivity contribution is 9.10. The summed E-state index contributed by atoms with van der Waals surface area (Å²) in [4.78, 5) is 1.17. The molecule has 0 aliphatic carbocycles. The van der Waals surface area contributed by atoms with Crippen LogP contribution in [0.1, 0.15) is 37.3 Å². The Morgan fingerprint density at radius 3 is 2.38 bits per heavy atom. The van der Waals surface area contributed by atoms with E-state index in [2.05, 4.69) is 42.0 Å². The summed E-state index contributed by atoms with van der Waals surface area (Å²) < 4.78 is 14.8. The summed E-state index contributed by atoms with van der Waals surface area (Å²) in [5.41, 5.74) is 1.11. The van der Waals surface area contributed by atoms with Crippen molar-refractivity contribution in [2.45, 2.75) is 33.4 Å². The highest BCUT2D eigenvalue weighted by Crippen LogP contribution is 2.35. The summed E-state index contributed by atoms with van der Waals surface area (Å²) in [7, 11) is 0. The van der Waals surface area contributed by atoms with Crippen LogP contribution in [0.2, 0.25) is 4.34 Å². The van der Waals surface area contributed by atoms with Gasteiger partial charge in [0, 0.05) is 21.9 Å². The third kappa shape index (κ3) is 4.52. The summed E-state index contributed by atoms with van der Waals surface area (Å²) in [5, 5.41) is 3.56. The summed E-state index contributed by atoms with van der Waals surface area (Å²) in [6.45, 7) is 7.25. The van der Waals surface area contributed by atoms with E-state index >= 15 is 0 Å². The first-order valence-electron chi connectivity index (χ1n) is 6.70. The van der Waals surface area contributed by atoms with Gasteiger partial charge in [-0.15, -0.1) is 11.3 Å². The molecule has 1 unspecified atom stereocenters. The minimum absolute atomic E-state index is 0.0239. The number of halogens is 3. The third-order valence-corrected chi connectivity index (χ3v) is 5.72. The van der Waals surface area contributed by atoms with Gasteiger partial charge in [0.1, 0.15) is 10.2 Å². The van der Waals surface area contributed by atoms with Crippen LogP contribution in [0.4, 0.5) is 4.39 Å². The molecule has 1 N–H and O–H groups in total. The highest BCUT2D eigenvalue weighted by atomic mass is 79.9. The number of benzene rings is 1. The fourth-order valence-corrected chi connectivity index (χ4v) is 4.00. The van der Waals surface area contributed by atoms with E-state index in [4.69, 9.17) is 11.6 Å². The van der Waals surface area contributed by atoms with Gasteiger partial charge in [-0.3, -0.25) is 0 Å². The SMILES string of the molecule is CC(C)(C)C(NCc1cc(Br)c(Cl)s1)c1ccc(F)cc1. The Kier molecular flexibility index (Phi) is 5.47. The largest absolute Gasteiger partial charge is 0.305 e. The van der Waals surface area contributed by atoms with Crippen LogP contribution in [0.5, 0.6) is 0 Å². The van der Waals surface area contributed by atoms with Gasteiger partial charge in [0.2, 0.25) is 0 Å². The van der Waals surface area contributed by atoms with Gasteiger partial charge in [0.05, 0.1) is 0 Å². The number of hydrogen-bond donors (Lipinski definition) is 1. The second-order valence-corrected chi connectivity index (χ2v) is 8.66. The van der Waals surface area contributed by atoms with Crippen molar-refractivity contribution in [2.75, 3.05) is 0 Å². The Morgan fingerprint density at radius 1 is 1.29 bits per heavy atom. The van der Waals surface area contributed by atoms with Crippen LogP contribution in [0.15, 0.2) is 34.8 Å². The molecule has 1 aromatic heterocycles. The lowest BCUT2D eigenvalue weighted by atomic mass is 9.82. The highest BCUT2D eigenvalue weighted by Gasteiger charge is 2.26. The van der Waals surface area contributed by atoms with Crippen LogP contribution in [0.3, 0.4) is 0 Å². The molecule has 114 valence electrons. The van der Waals surface area contributed by atoms with Crippen molar-refractivity contribution >= 4 is 38.9 Å². The Morgan fingerprint density at radius 2 is 1.90 bits per heavy atom. The maximum Gasteiger partial charge on any atom is 0.123 e. The molecular formula is C16H18BrClFNS. The Balaban J connectivity index is 2.15. The summed E-state index contributed by atoms with van der Waals surface area (Å²) in [6, 6.07) is 8.87. The number of thiophene rings is 1. The molecule has 1 atom stereocenters. The topological polar surface area (TPSA) is 12.0 Å². The van der Waals surface area contributed by atoms with Crippen molar-refractivity contribution < 1.29 is 4.39 Å². The lowest BCUT2D eigenvalue weighted by molar-refractivity contribution is 0.271. The van der Waals surface area contributed by atoms with Gasteiger partial charge >= 0.3 is 0 Å². The molecule has 1 nitrogen and oxygen atoms in total. The molecule has 0 aliphatic rings. The van der Waals surface area contributed by atoms with Crippen LogP contribution in [-0.4, -0.2) is 0 Å². The predicted molar refractivity (Wildman–Crippen MR) is 92.5 cm³/mol. The first-order valence-corrected chi connectivity index (χ1v) is 8.68. The first-order chi connectivity index (χ1) is 9.77. The van der Waals surface area contributed by atoms with Crippen molar-refractivity contribution in [1.82, 2.24) is 5.32 Å². The Hall–Kier alpha value is -0.420. The smallest absolute Gasteiger partial charge is 0.123 e. The maximum atomic E-state index is 13.1. The molecule has 1 heterocycles. The number of nitrogens with one attached hydrogen (secondary N) is 1. The molecule has 0 amide bonds. The fraction of sp³-hybridized carbons (Fsp3) is 0.375. The van der Waals surface area contributed by atoms with Gasteiger partial charge < -0.3 is 5.32 Å². The van der Waals surface area contributed by atoms with Gasteiger partial charge in [-0.05, 0) is 45.1 Å². The summed E-state index contributed by atoms with van der Waals surface area (Å²) in [5.74, 6) is -0.208. The molecule has 0 bridgehead atoms. The van der Waals surface area contributed by atoms with Crippen LogP contribution in [-0.2, 0) is 6.54 Å². The molecule has 0 aliphatic heterocycles. The normalized spacial score (nSPS) is 13.4. The van der Waals surface area contributed by atoms with Crippen molar-refractivity contribution in [3.63, 3.8) is 0 Å². The van der Waals surface area contributed by atoms with Crippen molar-refractivity contribution in [3.8, 4) is 0 Å². The number of hydrogen-bond acceptors (Lipinski definition) is 2. The van der Waals surface area contributed by atoms with Gasteiger partial charge in [0.25, 0.3) is 0 Å². The lowest BCUT2D eigenvalue weighted by Gasteiger charge is -2.32. The second kappa shape index (κ2) is 6.78. The van der Waals surface area contributed by atoms with Crippen molar-refractivity contribution in [2.24, 2.45) is 5.41 Å². The minimum atomic E-state index is -0.208. The average molecular weight is 391 g/mol. The standard InChI is InChI=1S/C16H18BrClFNS/c1-16(2,3)14(10-4-6-11(19)7-5-10)20-9-12-8-13(17)15(18)21-12/h4-8,14,20H,9H2,1-3H3. The molecule has 1 aromatic carbocycles. The lowest BCUT2D eigenvalue weighted by Crippen LogP contribution is -2.31. The van der Waals surface area contributed by atoms with E-state index in [0.29, 0.717) is 0 Å². The molecule has 0 saturated carbocycles. The van der Waals surface area contributed by atoms with Crippen LogP contribution < -0.4 is 5.32 Å². The molecular weight excluding hydrogens is 373 g/mol. The minimum Gasteiger partial charge on any atom is -0.305 e. The zero-order valence-corrected chi connectivity index (χ0v) is 15.4. The second-order valence-electron chi connectivity index (χ2n) is 6.07. The Bertz CT molecular complexity index is 584. The monoisotopic (exact) mass is 389 g/mol. The van der Waals surface area contributed by atoms with Gasteiger partial charge in [-0.2, -0.15) is 0 Å². The van der Waals surface area contributed by atoms with Crippen molar-refractivity contribution in [3.05, 3.63) is 55.4 Å². The van der Waals surface area contributed by atoms with Crippen LogP contribution in [0, 0.1) is 11.2 Å². The molecule has 0 radical (unpaired) electrons. The Labute approximate surface area is 142 Å². The van der Waals surface area contributed by atoms with Gasteiger partial charge in [-0.25, -0.2) is 4.39 Å². The van der Waals surface area contributed by atoms with Crippen LogP contribution in [0.25, 0.3) is 0 Å². The molecule has 0 saturated heterocycles. The van der Waals surface area contributed by atoms with E-state index in [9.17, 15) is 4.39 Å². The molecule has 2 rings (SSSR count). The molecule has 5 heteroatoms. The average Bonchev–Trinajstić information content (AvgIpc) is 2.69.